The molecule has 0 aliphatic heterocycles. The molecule has 0 rings (SSSR count). The molecule has 0 bridgehead atoms. The van der Waals surface area contributed by atoms with E-state index in [4.69, 9.17) is 4.79 Å². The molecule has 0 aliphatic carbocycles. The van der Waals surface area contributed by atoms with Crippen molar-refractivity contribution < 1.29 is 52.3 Å². The minimum Gasteiger partial charge on any atom is -1.00 e. The molecule has 0 saturated heterocycles. The maximum Gasteiger partial charge on any atom is 1.00 e. The Bertz CT molecular complexity index is 11.6. The van der Waals surface area contributed by atoms with Gasteiger partial charge in [0.25, 0.3) is 0 Å². The van der Waals surface area contributed by atoms with Crippen LogP contribution in [0.5, 0.6) is 0 Å². The summed E-state index contributed by atoms with van der Waals surface area (Å²) in [6, 6.07) is 0. The molecule has 1 nitrogen and oxygen atoms in total. The minimum atomic E-state index is 0. The fourth-order valence-electron chi connectivity index (χ4n) is 0. The number of hydrogen-bond donors (Lipinski definition) is 0. The molecule has 3 heteroatoms. The third kappa shape index (κ3) is 10.9. The van der Waals surface area contributed by atoms with E-state index in [1.54, 1.807) is 0 Å². The summed E-state index contributed by atoms with van der Waals surface area (Å²) >= 11 is 0. The van der Waals surface area contributed by atoms with Crippen LogP contribution in [-0.4, -0.2) is 6.79 Å². The SMILES string of the molecule is [CH-]=O.[H-].[Na+].[Ni]. The topological polar surface area (TPSA) is 17.1 Å². The zero-order valence-corrected chi connectivity index (χ0v) is 5.29. The van der Waals surface area contributed by atoms with Crippen molar-refractivity contribution in [3.05, 3.63) is 0 Å². The molecule has 0 aromatic heterocycles. The molecule has 0 radical (unpaired) electrons. The van der Waals surface area contributed by atoms with Gasteiger partial charge in [0.15, 0.2) is 0 Å². The molecule has 0 aromatic rings. The van der Waals surface area contributed by atoms with Crippen LogP contribution in [0.3, 0.4) is 0 Å². The van der Waals surface area contributed by atoms with Crippen molar-refractivity contribution in [2.24, 2.45) is 0 Å². The molecule has 0 spiro atoms. The Morgan fingerprint density at radius 2 is 1.50 bits per heavy atom. The Labute approximate surface area is 58.8 Å². The summed E-state index contributed by atoms with van der Waals surface area (Å²) in [6.45, 7) is 3.25. The Morgan fingerprint density at radius 3 is 1.50 bits per heavy atom. The van der Waals surface area contributed by atoms with Crippen LogP contribution in [0, 0.1) is 0 Å². The molecule has 0 atom stereocenters. The van der Waals surface area contributed by atoms with E-state index in [-0.39, 0.29) is 47.5 Å². The number of carbonyl (C=O) groups excluding carboxylic acids is 1. The molecule has 0 heterocycles. The van der Waals surface area contributed by atoms with Crippen LogP contribution in [0.25, 0.3) is 0 Å². The molecule has 0 fully saturated rings. The molecular weight excluding hydrogens is 110 g/mol. The van der Waals surface area contributed by atoms with Gasteiger partial charge in [-0.1, -0.05) is 0 Å². The third-order valence-corrected chi connectivity index (χ3v) is 0. The Morgan fingerprint density at radius 1 is 1.50 bits per heavy atom. The Kier molecular flexibility index (Phi) is 147. The molecular formula is CH2NaNiO-. The maximum atomic E-state index is 7.75. The van der Waals surface area contributed by atoms with Crippen LogP contribution < -0.4 is 29.6 Å². The van der Waals surface area contributed by atoms with Gasteiger partial charge in [0, 0.05) is 16.5 Å². The van der Waals surface area contributed by atoms with Crippen molar-refractivity contribution in [3.8, 4) is 0 Å². The monoisotopic (exact) mass is 111 g/mol. The van der Waals surface area contributed by atoms with E-state index < -0.39 is 0 Å². The van der Waals surface area contributed by atoms with Crippen LogP contribution in [0.2, 0.25) is 0 Å². The van der Waals surface area contributed by atoms with Gasteiger partial charge in [-0.3, -0.25) is 6.79 Å². The predicted octanol–water partition coefficient (Wildman–Crippen LogP) is -3.16. The van der Waals surface area contributed by atoms with Gasteiger partial charge < -0.3 is 6.22 Å². The second kappa shape index (κ2) is 30.8. The van der Waals surface area contributed by atoms with Crippen molar-refractivity contribution in [1.29, 1.82) is 0 Å². The number of rotatable bonds is 0. The smallest absolute Gasteiger partial charge is 1.00 e. The minimum absolute atomic E-state index is 0. The summed E-state index contributed by atoms with van der Waals surface area (Å²) in [5, 5.41) is 0. The summed E-state index contributed by atoms with van der Waals surface area (Å²) in [6.07, 6.45) is 0. The summed E-state index contributed by atoms with van der Waals surface area (Å²) in [5.74, 6) is 0. The zero-order valence-electron chi connectivity index (χ0n) is 3.30. The average molecular weight is 112 g/mol. The van der Waals surface area contributed by atoms with E-state index in [9.17, 15) is 0 Å². The molecule has 4 heavy (non-hydrogen) atoms. The van der Waals surface area contributed by atoms with Gasteiger partial charge in [-0.2, -0.15) is 0 Å². The largest absolute Gasteiger partial charge is 1.00 e. The predicted molar refractivity (Wildman–Crippen MR) is 7.86 cm³/mol. The van der Waals surface area contributed by atoms with Crippen LogP contribution >= 0.6 is 0 Å². The van der Waals surface area contributed by atoms with Crippen molar-refractivity contribution in [3.63, 3.8) is 0 Å². The molecule has 0 amide bonds. The first-order chi connectivity index (χ1) is 1.00. The van der Waals surface area contributed by atoms with Gasteiger partial charge in [-0.15, -0.1) is 0 Å². The molecule has 0 aromatic carbocycles. The van der Waals surface area contributed by atoms with E-state index in [0.717, 1.165) is 0 Å². The fraction of sp³-hybridized carbons (Fsp3) is 0. The fourth-order valence-corrected chi connectivity index (χ4v) is 0. The summed E-state index contributed by atoms with van der Waals surface area (Å²) in [7, 11) is 0. The van der Waals surface area contributed by atoms with E-state index in [2.05, 4.69) is 6.79 Å². The van der Waals surface area contributed by atoms with E-state index in [1.165, 1.54) is 0 Å². The van der Waals surface area contributed by atoms with E-state index >= 15 is 0 Å². The first-order valence-electron chi connectivity index (χ1n) is 0.236. The van der Waals surface area contributed by atoms with Gasteiger partial charge in [0.05, 0.1) is 0 Å². The van der Waals surface area contributed by atoms with Crippen molar-refractivity contribution in [1.82, 2.24) is 0 Å². The molecule has 0 saturated carbocycles. The summed E-state index contributed by atoms with van der Waals surface area (Å²) in [4.78, 5) is 7.75. The van der Waals surface area contributed by atoms with Crippen LogP contribution in [0.1, 0.15) is 1.43 Å². The maximum absolute atomic E-state index is 7.75. The van der Waals surface area contributed by atoms with E-state index in [1.807, 2.05) is 0 Å². The third-order valence-electron chi connectivity index (χ3n) is 0. The van der Waals surface area contributed by atoms with Crippen molar-refractivity contribution in [2.45, 2.75) is 0 Å². The summed E-state index contributed by atoms with van der Waals surface area (Å²) in [5.41, 5.74) is 0. The van der Waals surface area contributed by atoms with Gasteiger partial charge in [-0.05, 0) is 0 Å². The standard InChI is InChI=1S/CHO.Na.Ni.H/c1-2;;;/h1H;;;/q-1;+1;;-1. The molecule has 0 aliphatic rings. The second-order valence-corrected chi connectivity index (χ2v) is 0. The normalized spacial score (nSPS) is 1.00. The van der Waals surface area contributed by atoms with Gasteiger partial charge in [-0.25, -0.2) is 0 Å². The van der Waals surface area contributed by atoms with Gasteiger partial charge >= 0.3 is 29.6 Å². The van der Waals surface area contributed by atoms with E-state index in [0.29, 0.717) is 0 Å². The summed E-state index contributed by atoms with van der Waals surface area (Å²) < 4.78 is 0. The van der Waals surface area contributed by atoms with Crippen LogP contribution in [-0.2, 0) is 21.3 Å². The number of hydrogen-bond acceptors (Lipinski definition) is 1. The van der Waals surface area contributed by atoms with Crippen LogP contribution in [0.4, 0.5) is 0 Å². The molecule has 24 valence electrons. The van der Waals surface area contributed by atoms with Crippen LogP contribution in [0.15, 0.2) is 0 Å². The quantitative estimate of drug-likeness (QED) is 0.183. The van der Waals surface area contributed by atoms with Crippen molar-refractivity contribution in [2.75, 3.05) is 0 Å². The zero-order chi connectivity index (χ0) is 2.00. The first-order valence-corrected chi connectivity index (χ1v) is 0.236. The average Bonchev–Trinajstić information content (AvgIpc) is 1.00. The van der Waals surface area contributed by atoms with Gasteiger partial charge in [0.1, 0.15) is 0 Å². The Hall–Kier alpha value is 1.16. The molecule has 0 unspecified atom stereocenters. The second-order valence-electron chi connectivity index (χ2n) is 0. The molecule has 0 N–H and O–H groups in total. The van der Waals surface area contributed by atoms with Crippen molar-refractivity contribution >= 4 is 6.79 Å². The first kappa shape index (κ1) is 19.1. The van der Waals surface area contributed by atoms with Gasteiger partial charge in [0.2, 0.25) is 0 Å². The Balaban J connectivity index is -0.00000000167.